The Morgan fingerprint density at radius 3 is 3.14 bits per heavy atom. The van der Waals surface area contributed by atoms with Gasteiger partial charge in [0.25, 0.3) is 5.91 Å². The molecule has 7 nitrogen and oxygen atoms in total. The van der Waals surface area contributed by atoms with Crippen LogP contribution in [0.25, 0.3) is 0 Å². The number of H-pyrrole nitrogens is 1. The van der Waals surface area contributed by atoms with Gasteiger partial charge in [-0.3, -0.25) is 9.89 Å². The van der Waals surface area contributed by atoms with E-state index in [0.29, 0.717) is 31.8 Å². The fourth-order valence-corrected chi connectivity index (χ4v) is 2.95. The molecule has 0 saturated heterocycles. The average Bonchev–Trinajstić information content (AvgIpc) is 3.04. The predicted molar refractivity (Wildman–Crippen MR) is 77.5 cm³/mol. The number of rotatable bonds is 2. The first-order chi connectivity index (χ1) is 9.98. The lowest BCUT2D eigenvalue weighted by Crippen LogP contribution is -2.41. The van der Waals surface area contributed by atoms with Crippen molar-refractivity contribution in [1.29, 1.82) is 0 Å². The molecule has 0 radical (unpaired) electrons. The fourth-order valence-electron chi connectivity index (χ4n) is 2.95. The first-order valence-electron chi connectivity index (χ1n) is 7.22. The number of nitrogens with zero attached hydrogens (tertiary/aromatic N) is 3. The van der Waals surface area contributed by atoms with Crippen molar-refractivity contribution in [1.82, 2.24) is 15.1 Å². The molecule has 1 amide bonds. The molecule has 0 fully saturated rings. The molecule has 1 aromatic rings. The van der Waals surface area contributed by atoms with Crippen LogP contribution in [0.2, 0.25) is 0 Å². The zero-order chi connectivity index (χ0) is 15.0. The molecule has 1 aromatic heterocycles. The highest BCUT2D eigenvalue weighted by molar-refractivity contribution is 6.39. The van der Waals surface area contributed by atoms with Crippen LogP contribution in [0, 0.1) is 5.41 Å². The molecule has 2 aliphatic heterocycles. The molecule has 0 bridgehead atoms. The van der Waals surface area contributed by atoms with E-state index in [2.05, 4.69) is 29.2 Å². The lowest BCUT2D eigenvalue weighted by Gasteiger charge is -2.29. The number of aromatic nitrogens is 2. The summed E-state index contributed by atoms with van der Waals surface area (Å²) in [7, 11) is 0. The van der Waals surface area contributed by atoms with Crippen LogP contribution in [-0.4, -0.2) is 45.9 Å². The van der Waals surface area contributed by atoms with Gasteiger partial charge in [-0.25, -0.2) is 0 Å². The molecule has 1 unspecified atom stereocenters. The van der Waals surface area contributed by atoms with E-state index in [0.717, 1.165) is 17.7 Å². The zero-order valence-electron chi connectivity index (χ0n) is 12.4. The largest absolute Gasteiger partial charge is 0.390 e. The van der Waals surface area contributed by atoms with E-state index in [1.54, 1.807) is 6.20 Å². The molecule has 2 aliphatic rings. The second kappa shape index (κ2) is 5.14. The molecule has 3 heterocycles. The molecule has 7 heteroatoms. The lowest BCUT2D eigenvalue weighted by atomic mass is 9.87. The molecule has 3 N–H and O–H groups in total. The SMILES string of the molecule is CC1(C)Cc2[nH]ncc2CN(C(=O)C2=NOC(CN)C2)C1. The van der Waals surface area contributed by atoms with Crippen LogP contribution in [0.1, 0.15) is 31.5 Å². The quantitative estimate of drug-likeness (QED) is 0.825. The van der Waals surface area contributed by atoms with Gasteiger partial charge in [0.05, 0.1) is 6.20 Å². The van der Waals surface area contributed by atoms with Crippen LogP contribution in [0.4, 0.5) is 0 Å². The predicted octanol–water partition coefficient (Wildman–Crippen LogP) is 0.424. The van der Waals surface area contributed by atoms with Gasteiger partial charge in [0.2, 0.25) is 0 Å². The normalized spacial score (nSPS) is 24.0. The number of carbonyl (C=O) groups is 1. The molecule has 0 spiro atoms. The lowest BCUT2D eigenvalue weighted by molar-refractivity contribution is -0.126. The number of nitrogens with one attached hydrogen (secondary N) is 1. The third kappa shape index (κ3) is 2.78. The van der Waals surface area contributed by atoms with Crippen LogP contribution >= 0.6 is 0 Å². The van der Waals surface area contributed by atoms with Gasteiger partial charge in [-0.05, 0) is 11.8 Å². The number of hydrogen-bond acceptors (Lipinski definition) is 5. The fraction of sp³-hybridized carbons (Fsp3) is 0.643. The van der Waals surface area contributed by atoms with Crippen molar-refractivity contribution >= 4 is 11.6 Å². The second-order valence-electron chi connectivity index (χ2n) is 6.58. The van der Waals surface area contributed by atoms with Gasteiger partial charge in [-0.15, -0.1) is 0 Å². The molecule has 3 rings (SSSR count). The molecular weight excluding hydrogens is 270 g/mol. The number of aromatic amines is 1. The van der Waals surface area contributed by atoms with E-state index in [1.165, 1.54) is 0 Å². The molecule has 0 aliphatic carbocycles. The summed E-state index contributed by atoms with van der Waals surface area (Å²) in [5.74, 6) is -0.0620. The summed E-state index contributed by atoms with van der Waals surface area (Å²) in [5.41, 5.74) is 8.19. The molecule has 0 aromatic carbocycles. The molecule has 21 heavy (non-hydrogen) atoms. The number of hydrogen-bond donors (Lipinski definition) is 2. The van der Waals surface area contributed by atoms with Crippen molar-refractivity contribution in [2.24, 2.45) is 16.3 Å². The monoisotopic (exact) mass is 291 g/mol. The van der Waals surface area contributed by atoms with E-state index in [-0.39, 0.29) is 17.4 Å². The van der Waals surface area contributed by atoms with E-state index < -0.39 is 0 Å². The Bertz CT molecular complexity index is 578. The number of amides is 1. The summed E-state index contributed by atoms with van der Waals surface area (Å²) in [6, 6.07) is 0. The van der Waals surface area contributed by atoms with Gasteiger partial charge in [0.15, 0.2) is 0 Å². The first-order valence-corrected chi connectivity index (χ1v) is 7.22. The zero-order valence-corrected chi connectivity index (χ0v) is 12.4. The Hall–Kier alpha value is -1.89. The number of carbonyl (C=O) groups excluding carboxylic acids is 1. The smallest absolute Gasteiger partial charge is 0.272 e. The maximum absolute atomic E-state index is 12.7. The summed E-state index contributed by atoms with van der Waals surface area (Å²) in [6.45, 7) is 5.91. The summed E-state index contributed by atoms with van der Waals surface area (Å²) in [5, 5.41) is 11.0. The highest BCUT2D eigenvalue weighted by Gasteiger charge is 2.35. The average molecular weight is 291 g/mol. The van der Waals surface area contributed by atoms with Crippen molar-refractivity contribution in [3.05, 3.63) is 17.5 Å². The topological polar surface area (TPSA) is 96.6 Å². The van der Waals surface area contributed by atoms with Gasteiger partial charge >= 0.3 is 0 Å². The van der Waals surface area contributed by atoms with Crippen LogP contribution in [0.5, 0.6) is 0 Å². The first kappa shape index (κ1) is 14.1. The molecule has 1 atom stereocenters. The van der Waals surface area contributed by atoms with Gasteiger partial charge in [-0.1, -0.05) is 19.0 Å². The van der Waals surface area contributed by atoms with Crippen molar-refractivity contribution in [2.45, 2.75) is 39.3 Å². The number of fused-ring (bicyclic) bond motifs is 1. The van der Waals surface area contributed by atoms with Crippen LogP contribution in [-0.2, 0) is 22.6 Å². The maximum Gasteiger partial charge on any atom is 0.272 e. The van der Waals surface area contributed by atoms with Crippen molar-refractivity contribution in [3.8, 4) is 0 Å². The van der Waals surface area contributed by atoms with Gasteiger partial charge in [0.1, 0.15) is 11.8 Å². The Balaban J connectivity index is 1.80. The van der Waals surface area contributed by atoms with Crippen molar-refractivity contribution < 1.29 is 9.63 Å². The second-order valence-corrected chi connectivity index (χ2v) is 6.58. The molecule has 0 saturated carbocycles. The van der Waals surface area contributed by atoms with Crippen LogP contribution < -0.4 is 5.73 Å². The van der Waals surface area contributed by atoms with Gasteiger partial charge < -0.3 is 15.5 Å². The van der Waals surface area contributed by atoms with E-state index in [1.807, 2.05) is 4.90 Å². The van der Waals surface area contributed by atoms with Crippen molar-refractivity contribution in [3.63, 3.8) is 0 Å². The minimum atomic E-state index is -0.173. The summed E-state index contributed by atoms with van der Waals surface area (Å²) in [6.07, 6.45) is 2.99. The van der Waals surface area contributed by atoms with Crippen LogP contribution in [0.15, 0.2) is 11.4 Å². The molecule has 114 valence electrons. The summed E-state index contributed by atoms with van der Waals surface area (Å²) < 4.78 is 0. The minimum absolute atomic E-state index is 0.0132. The van der Waals surface area contributed by atoms with Gasteiger partial charge in [-0.2, -0.15) is 5.10 Å². The third-order valence-electron chi connectivity index (χ3n) is 3.97. The highest BCUT2D eigenvalue weighted by atomic mass is 16.6. The standard InChI is InChI=1S/C14H21N5O2/c1-14(2)4-12-9(6-16-17-12)7-19(8-14)13(20)11-3-10(5-15)21-18-11/h6,10H,3-5,7-8,15H2,1-2H3,(H,16,17). The van der Waals surface area contributed by atoms with Crippen molar-refractivity contribution in [2.75, 3.05) is 13.1 Å². The Labute approximate surface area is 123 Å². The van der Waals surface area contributed by atoms with Gasteiger partial charge in [0, 0.05) is 37.3 Å². The Morgan fingerprint density at radius 2 is 2.43 bits per heavy atom. The Morgan fingerprint density at radius 1 is 1.62 bits per heavy atom. The Kier molecular flexibility index (Phi) is 3.44. The van der Waals surface area contributed by atoms with Crippen LogP contribution in [0.3, 0.4) is 0 Å². The maximum atomic E-state index is 12.7. The molecular formula is C14H21N5O2. The highest BCUT2D eigenvalue weighted by Crippen LogP contribution is 2.29. The minimum Gasteiger partial charge on any atom is -0.390 e. The third-order valence-corrected chi connectivity index (χ3v) is 3.97. The van der Waals surface area contributed by atoms with E-state index in [9.17, 15) is 4.79 Å². The van der Waals surface area contributed by atoms with E-state index in [4.69, 9.17) is 10.6 Å². The summed E-state index contributed by atoms with van der Waals surface area (Å²) in [4.78, 5) is 19.7. The number of oxime groups is 1. The number of nitrogens with two attached hydrogens (primary N) is 1. The van der Waals surface area contributed by atoms with E-state index >= 15 is 0 Å². The summed E-state index contributed by atoms with van der Waals surface area (Å²) >= 11 is 0.